The molecule has 0 bridgehead atoms. The van der Waals surface area contributed by atoms with Gasteiger partial charge in [0.2, 0.25) is 5.89 Å². The van der Waals surface area contributed by atoms with Crippen molar-refractivity contribution in [1.82, 2.24) is 4.98 Å². The van der Waals surface area contributed by atoms with Crippen LogP contribution in [0.15, 0.2) is 174 Å². The molecule has 0 fully saturated rings. The number of rotatable bonds is 5. The number of para-hydroxylation sites is 1. The number of oxazole rings is 1. The summed E-state index contributed by atoms with van der Waals surface area (Å²) < 4.78 is 6.84. The predicted octanol–water partition coefficient (Wildman–Crippen LogP) is 13.7. The van der Waals surface area contributed by atoms with Crippen LogP contribution in [0.4, 0.5) is 17.1 Å². The number of aromatic nitrogens is 1. The maximum atomic E-state index is 6.84. The fourth-order valence-electron chi connectivity index (χ4n) is 8.95. The summed E-state index contributed by atoms with van der Waals surface area (Å²) in [6.45, 7) is 4.70. The maximum absolute atomic E-state index is 6.84. The molecule has 9 aromatic rings. The zero-order valence-electron chi connectivity index (χ0n) is 29.5. The zero-order chi connectivity index (χ0) is 35.3. The molecule has 3 heteroatoms. The van der Waals surface area contributed by atoms with E-state index in [4.69, 9.17) is 9.40 Å². The first-order valence-electron chi connectivity index (χ1n) is 18.3. The van der Waals surface area contributed by atoms with Gasteiger partial charge in [-0.3, -0.25) is 0 Å². The Morgan fingerprint density at radius 1 is 0.491 bits per heavy atom. The summed E-state index contributed by atoms with van der Waals surface area (Å²) in [6, 6.07) is 61.0. The molecule has 2 aliphatic rings. The van der Waals surface area contributed by atoms with E-state index in [0.29, 0.717) is 5.89 Å². The minimum Gasteiger partial charge on any atom is -0.435 e. The first-order chi connectivity index (χ1) is 26.1. The smallest absolute Gasteiger partial charge is 0.227 e. The Kier molecular flexibility index (Phi) is 6.30. The summed E-state index contributed by atoms with van der Waals surface area (Å²) in [5, 5.41) is 4.76. The van der Waals surface area contributed by atoms with Crippen LogP contribution in [0, 0.1) is 0 Å². The van der Waals surface area contributed by atoms with Gasteiger partial charge in [-0.25, -0.2) is 4.98 Å². The molecule has 53 heavy (non-hydrogen) atoms. The predicted molar refractivity (Wildman–Crippen MR) is 219 cm³/mol. The summed E-state index contributed by atoms with van der Waals surface area (Å²) in [6.07, 6.45) is 0. The highest BCUT2D eigenvalue weighted by Gasteiger charge is 2.38. The van der Waals surface area contributed by atoms with Gasteiger partial charge < -0.3 is 9.32 Å². The molecule has 3 nitrogen and oxygen atoms in total. The Labute approximate surface area is 308 Å². The third kappa shape index (κ3) is 4.31. The lowest BCUT2D eigenvalue weighted by atomic mass is 9.82. The summed E-state index contributed by atoms with van der Waals surface area (Å²) >= 11 is 0. The number of anilines is 3. The second-order valence-corrected chi connectivity index (χ2v) is 14.7. The zero-order valence-corrected chi connectivity index (χ0v) is 29.5. The van der Waals surface area contributed by atoms with E-state index in [2.05, 4.69) is 183 Å². The highest BCUT2D eigenvalue weighted by molar-refractivity contribution is 6.28. The van der Waals surface area contributed by atoms with Crippen molar-refractivity contribution in [1.29, 1.82) is 0 Å². The Balaban J connectivity index is 1.18. The van der Waals surface area contributed by atoms with E-state index in [9.17, 15) is 0 Å². The third-order valence-corrected chi connectivity index (χ3v) is 11.4. The Morgan fingerprint density at radius 3 is 1.98 bits per heavy atom. The van der Waals surface area contributed by atoms with Crippen molar-refractivity contribution >= 4 is 38.6 Å². The number of benzene rings is 8. The van der Waals surface area contributed by atoms with Gasteiger partial charge in [-0.2, -0.15) is 0 Å². The molecule has 1 aromatic heterocycles. The van der Waals surface area contributed by atoms with Crippen molar-refractivity contribution in [3.8, 4) is 56.3 Å². The van der Waals surface area contributed by atoms with Gasteiger partial charge in [0.25, 0.3) is 0 Å². The molecular weight excluding hydrogens is 645 g/mol. The number of hydrogen-bond acceptors (Lipinski definition) is 3. The molecule has 0 aliphatic heterocycles. The molecule has 0 radical (unpaired) electrons. The second-order valence-electron chi connectivity index (χ2n) is 14.7. The summed E-state index contributed by atoms with van der Waals surface area (Å²) in [5.41, 5.74) is 14.8. The standard InChI is InChI=1S/C50H34N2O/c1-50(2)42-26-12-11-22-37(42)38-28-27-35(30-43(38)50)52(34-19-7-4-8-20-34)47-40-23-10-9-21-36(40)39-24-14-25-41-44(39)45(47)46-48(41)53-49(51-46)33-18-13-17-32(29-33)31-15-5-3-6-16-31/h3-30H,1-2H3. The lowest BCUT2D eigenvalue weighted by Crippen LogP contribution is -2.17. The summed E-state index contributed by atoms with van der Waals surface area (Å²) in [5.74, 6) is 1.44. The van der Waals surface area contributed by atoms with E-state index in [0.717, 1.165) is 56.3 Å². The Hall–Kier alpha value is -6.71. The molecule has 0 amide bonds. The molecule has 11 rings (SSSR count). The largest absolute Gasteiger partial charge is 0.435 e. The van der Waals surface area contributed by atoms with Crippen molar-refractivity contribution < 1.29 is 4.42 Å². The van der Waals surface area contributed by atoms with Gasteiger partial charge in [0.05, 0.1) is 5.69 Å². The van der Waals surface area contributed by atoms with Crippen molar-refractivity contribution in [2.45, 2.75) is 19.3 Å². The topological polar surface area (TPSA) is 29.3 Å². The lowest BCUT2D eigenvalue weighted by Gasteiger charge is -2.31. The lowest BCUT2D eigenvalue weighted by molar-refractivity contribution is 0.590. The molecule has 8 aromatic carbocycles. The normalized spacial score (nSPS) is 13.2. The number of nitrogens with zero attached hydrogens (tertiary/aromatic N) is 2. The van der Waals surface area contributed by atoms with Crippen LogP contribution in [-0.2, 0) is 5.41 Å². The van der Waals surface area contributed by atoms with Gasteiger partial charge >= 0.3 is 0 Å². The molecular formula is C50H34N2O. The van der Waals surface area contributed by atoms with Gasteiger partial charge in [-0.15, -0.1) is 0 Å². The van der Waals surface area contributed by atoms with Crippen LogP contribution < -0.4 is 4.90 Å². The van der Waals surface area contributed by atoms with Crippen LogP contribution in [0.25, 0.3) is 77.8 Å². The monoisotopic (exact) mass is 678 g/mol. The Morgan fingerprint density at radius 2 is 1.13 bits per heavy atom. The molecule has 1 heterocycles. The molecule has 0 atom stereocenters. The second kappa shape index (κ2) is 11.1. The van der Waals surface area contributed by atoms with Crippen LogP contribution >= 0.6 is 0 Å². The van der Waals surface area contributed by atoms with E-state index in [1.165, 1.54) is 43.8 Å². The van der Waals surface area contributed by atoms with Crippen LogP contribution in [-0.4, -0.2) is 4.98 Å². The maximum Gasteiger partial charge on any atom is 0.227 e. The minimum atomic E-state index is -0.137. The Bertz CT molecular complexity index is 2920. The fraction of sp³-hybridized carbons (Fsp3) is 0.0600. The molecule has 0 N–H and O–H groups in total. The quantitative estimate of drug-likeness (QED) is 0.170. The van der Waals surface area contributed by atoms with Crippen LogP contribution in [0.2, 0.25) is 0 Å². The highest BCUT2D eigenvalue weighted by atomic mass is 16.4. The third-order valence-electron chi connectivity index (χ3n) is 11.4. The molecule has 0 saturated carbocycles. The molecule has 2 aliphatic carbocycles. The first-order valence-corrected chi connectivity index (χ1v) is 18.3. The molecule has 0 unspecified atom stereocenters. The minimum absolute atomic E-state index is 0.137. The molecule has 0 saturated heterocycles. The average molecular weight is 679 g/mol. The van der Waals surface area contributed by atoms with Gasteiger partial charge in [0.1, 0.15) is 5.69 Å². The van der Waals surface area contributed by atoms with Gasteiger partial charge in [-0.05, 0) is 80.6 Å². The average Bonchev–Trinajstić information content (AvgIpc) is 3.85. The van der Waals surface area contributed by atoms with E-state index in [-0.39, 0.29) is 5.41 Å². The van der Waals surface area contributed by atoms with Crippen molar-refractivity contribution in [2.75, 3.05) is 4.90 Å². The van der Waals surface area contributed by atoms with E-state index in [1.54, 1.807) is 0 Å². The number of hydrogen-bond donors (Lipinski definition) is 0. The first kappa shape index (κ1) is 30.0. The van der Waals surface area contributed by atoms with Gasteiger partial charge in [0, 0.05) is 44.3 Å². The molecule has 250 valence electrons. The van der Waals surface area contributed by atoms with Crippen LogP contribution in [0.3, 0.4) is 0 Å². The summed E-state index contributed by atoms with van der Waals surface area (Å²) in [7, 11) is 0. The van der Waals surface area contributed by atoms with E-state index >= 15 is 0 Å². The molecule has 0 spiro atoms. The van der Waals surface area contributed by atoms with Crippen molar-refractivity contribution in [2.24, 2.45) is 0 Å². The van der Waals surface area contributed by atoms with E-state index < -0.39 is 0 Å². The van der Waals surface area contributed by atoms with Crippen LogP contribution in [0.5, 0.6) is 0 Å². The SMILES string of the molecule is CC1(C)c2ccccc2-c2ccc(N(c3ccccc3)c3c4c5c(cccc5c5ccccc35)-c3oc(-c5cccc(-c6ccccc6)c5)nc3-4)cc21. The van der Waals surface area contributed by atoms with Crippen molar-refractivity contribution in [3.05, 3.63) is 181 Å². The fourth-order valence-corrected chi connectivity index (χ4v) is 8.95. The number of fused-ring (bicyclic) bond motifs is 8. The van der Waals surface area contributed by atoms with E-state index in [1.807, 2.05) is 6.07 Å². The van der Waals surface area contributed by atoms with Crippen LogP contribution in [0.1, 0.15) is 25.0 Å². The van der Waals surface area contributed by atoms with Gasteiger partial charge in [0.15, 0.2) is 5.76 Å². The highest BCUT2D eigenvalue weighted by Crippen LogP contribution is 2.58. The van der Waals surface area contributed by atoms with Crippen molar-refractivity contribution in [3.63, 3.8) is 0 Å². The summed E-state index contributed by atoms with van der Waals surface area (Å²) in [4.78, 5) is 7.84. The van der Waals surface area contributed by atoms with Gasteiger partial charge in [-0.1, -0.05) is 147 Å².